The number of benzene rings is 2. The van der Waals surface area contributed by atoms with Gasteiger partial charge >= 0.3 is 0 Å². The second-order valence-electron chi connectivity index (χ2n) is 6.56. The van der Waals surface area contributed by atoms with Crippen molar-refractivity contribution >= 4 is 22.5 Å². The molecule has 0 fully saturated rings. The van der Waals surface area contributed by atoms with Crippen LogP contribution >= 0.6 is 0 Å². The van der Waals surface area contributed by atoms with Crippen molar-refractivity contribution in [1.29, 1.82) is 0 Å². The average Bonchev–Trinajstić information content (AvgIpc) is 3.21. The summed E-state index contributed by atoms with van der Waals surface area (Å²) in [6.45, 7) is 1.88. The fourth-order valence-electron chi connectivity index (χ4n) is 3.19. The molecule has 8 nitrogen and oxygen atoms in total. The van der Waals surface area contributed by atoms with Crippen LogP contribution in [0.2, 0.25) is 0 Å². The molecule has 140 valence electrons. The highest BCUT2D eigenvalue weighted by atomic mass is 16.2. The minimum absolute atomic E-state index is 0.177. The van der Waals surface area contributed by atoms with Crippen molar-refractivity contribution in [3.63, 3.8) is 0 Å². The highest BCUT2D eigenvalue weighted by Crippen LogP contribution is 2.21. The molecule has 8 heteroatoms. The van der Waals surface area contributed by atoms with Gasteiger partial charge in [-0.05, 0) is 40.6 Å². The number of fused-ring (bicyclic) bond motifs is 1. The number of hydrogen-bond acceptors (Lipinski definition) is 5. The van der Waals surface area contributed by atoms with Gasteiger partial charge in [0.25, 0.3) is 0 Å². The van der Waals surface area contributed by atoms with Crippen molar-refractivity contribution in [2.24, 2.45) is 0 Å². The van der Waals surface area contributed by atoms with Crippen molar-refractivity contribution in [3.05, 3.63) is 82.4 Å². The van der Waals surface area contributed by atoms with E-state index in [0.29, 0.717) is 17.6 Å². The number of carbonyl (C=O) groups excluding carboxylic acids is 1. The number of nitrogens with zero attached hydrogens (tertiary/aromatic N) is 4. The number of hydrogen-bond donors (Lipinski definition) is 2. The number of carbonyl (C=O) groups is 1. The minimum Gasteiger partial charge on any atom is -0.324 e. The third kappa shape index (κ3) is 3.66. The summed E-state index contributed by atoms with van der Waals surface area (Å²) in [7, 11) is 0. The molecule has 0 saturated heterocycles. The summed E-state index contributed by atoms with van der Waals surface area (Å²) in [6.07, 6.45) is 1.87. The molecule has 4 rings (SSSR count). The first-order chi connectivity index (χ1) is 13.6. The summed E-state index contributed by atoms with van der Waals surface area (Å²) >= 11 is 0. The molecular formula is C20H18N6O2. The molecule has 0 saturated carbocycles. The fraction of sp³-hybridized carbons (Fsp3) is 0.150. The van der Waals surface area contributed by atoms with Gasteiger partial charge in [-0.3, -0.25) is 9.59 Å². The number of rotatable bonds is 5. The number of tetrazole rings is 1. The van der Waals surface area contributed by atoms with Crippen LogP contribution in [0.3, 0.4) is 0 Å². The van der Waals surface area contributed by atoms with Crippen LogP contribution in [0, 0.1) is 6.92 Å². The van der Waals surface area contributed by atoms with E-state index < -0.39 is 6.04 Å². The molecule has 0 aliphatic carbocycles. The van der Waals surface area contributed by atoms with Gasteiger partial charge in [0.15, 0.2) is 0 Å². The van der Waals surface area contributed by atoms with Crippen LogP contribution in [0.4, 0.5) is 5.69 Å². The third-order valence-electron chi connectivity index (χ3n) is 4.58. The van der Waals surface area contributed by atoms with Crippen LogP contribution in [-0.4, -0.2) is 31.1 Å². The molecule has 2 aromatic heterocycles. The largest absolute Gasteiger partial charge is 0.324 e. The summed E-state index contributed by atoms with van der Waals surface area (Å²) in [4.78, 5) is 27.5. The lowest BCUT2D eigenvalue weighted by Gasteiger charge is -2.17. The van der Waals surface area contributed by atoms with Crippen molar-refractivity contribution in [2.75, 3.05) is 5.32 Å². The number of aromatic amines is 1. The molecule has 28 heavy (non-hydrogen) atoms. The lowest BCUT2D eigenvalue weighted by Crippen LogP contribution is -2.28. The van der Waals surface area contributed by atoms with Crippen LogP contribution in [0.5, 0.6) is 0 Å². The van der Waals surface area contributed by atoms with Gasteiger partial charge in [-0.1, -0.05) is 36.4 Å². The summed E-state index contributed by atoms with van der Waals surface area (Å²) < 4.78 is 1.44. The standard InChI is InChI=1S/C20H18N6O2/c1-13-9-19(27)23-17-11-15(7-8-16(13)17)22-20(28)18(26-12-21-24-25-26)10-14-5-3-2-4-6-14/h2-9,11-12,18H,10H2,1H3,(H,22,28)(H,23,27). The Hall–Kier alpha value is -3.81. The van der Waals surface area contributed by atoms with E-state index in [9.17, 15) is 9.59 Å². The van der Waals surface area contributed by atoms with Gasteiger partial charge in [-0.15, -0.1) is 5.10 Å². The molecule has 0 spiro atoms. The Morgan fingerprint density at radius 3 is 2.75 bits per heavy atom. The first kappa shape index (κ1) is 17.6. The normalized spacial score (nSPS) is 12.0. The van der Waals surface area contributed by atoms with Gasteiger partial charge in [0.05, 0.1) is 5.52 Å². The summed E-state index contributed by atoms with van der Waals surface area (Å²) in [5, 5.41) is 15.0. The predicted octanol–water partition coefficient (Wildman–Crippen LogP) is 2.25. The Labute approximate surface area is 160 Å². The number of nitrogens with one attached hydrogen (secondary N) is 2. The molecule has 1 atom stereocenters. The fourth-order valence-corrected chi connectivity index (χ4v) is 3.19. The molecule has 1 amide bonds. The summed E-state index contributed by atoms with van der Waals surface area (Å²) in [6, 6.07) is 16.1. The van der Waals surface area contributed by atoms with Gasteiger partial charge in [0.1, 0.15) is 12.4 Å². The van der Waals surface area contributed by atoms with Gasteiger partial charge in [0.2, 0.25) is 11.5 Å². The Bertz CT molecular complexity index is 1170. The van der Waals surface area contributed by atoms with E-state index in [0.717, 1.165) is 16.5 Å². The maximum atomic E-state index is 13.0. The lowest BCUT2D eigenvalue weighted by atomic mass is 10.1. The van der Waals surface area contributed by atoms with Crippen LogP contribution in [0.15, 0.2) is 65.7 Å². The van der Waals surface area contributed by atoms with E-state index in [4.69, 9.17) is 0 Å². The predicted molar refractivity (Wildman–Crippen MR) is 105 cm³/mol. The topological polar surface area (TPSA) is 106 Å². The Kier molecular flexibility index (Phi) is 4.67. The molecule has 0 radical (unpaired) electrons. The van der Waals surface area contributed by atoms with E-state index in [-0.39, 0.29) is 11.5 Å². The van der Waals surface area contributed by atoms with Crippen molar-refractivity contribution in [1.82, 2.24) is 25.2 Å². The minimum atomic E-state index is -0.607. The average molecular weight is 374 g/mol. The molecular weight excluding hydrogens is 356 g/mol. The van der Waals surface area contributed by atoms with Crippen molar-refractivity contribution in [2.45, 2.75) is 19.4 Å². The first-order valence-electron chi connectivity index (χ1n) is 8.81. The smallest absolute Gasteiger partial charge is 0.249 e. The van der Waals surface area contributed by atoms with E-state index in [1.54, 1.807) is 12.1 Å². The number of H-pyrrole nitrogens is 1. The monoisotopic (exact) mass is 374 g/mol. The number of pyridine rings is 1. The van der Waals surface area contributed by atoms with Gasteiger partial charge in [0, 0.05) is 23.6 Å². The number of anilines is 1. The van der Waals surface area contributed by atoms with Gasteiger partial charge < -0.3 is 10.3 Å². The van der Waals surface area contributed by atoms with Gasteiger partial charge in [-0.2, -0.15) is 0 Å². The van der Waals surface area contributed by atoms with Crippen LogP contribution < -0.4 is 10.9 Å². The Morgan fingerprint density at radius 2 is 2.00 bits per heavy atom. The maximum Gasteiger partial charge on any atom is 0.249 e. The Balaban J connectivity index is 1.62. The van der Waals surface area contributed by atoms with E-state index in [1.807, 2.05) is 49.4 Å². The van der Waals surface area contributed by atoms with E-state index in [2.05, 4.69) is 25.8 Å². The second kappa shape index (κ2) is 7.43. The zero-order valence-electron chi connectivity index (χ0n) is 15.2. The SMILES string of the molecule is Cc1cc(=O)[nH]c2cc(NC(=O)C(Cc3ccccc3)n3cnnn3)ccc12. The Morgan fingerprint density at radius 1 is 1.18 bits per heavy atom. The summed E-state index contributed by atoms with van der Waals surface area (Å²) in [5.74, 6) is -0.245. The molecule has 0 aliphatic rings. The lowest BCUT2D eigenvalue weighted by molar-refractivity contribution is -0.119. The van der Waals surface area contributed by atoms with Crippen LogP contribution in [0.1, 0.15) is 17.2 Å². The molecule has 2 aromatic carbocycles. The summed E-state index contributed by atoms with van der Waals surface area (Å²) in [5.41, 5.74) is 2.96. The zero-order valence-corrected chi connectivity index (χ0v) is 15.2. The van der Waals surface area contributed by atoms with Crippen molar-refractivity contribution in [3.8, 4) is 0 Å². The zero-order chi connectivity index (χ0) is 19.5. The highest BCUT2D eigenvalue weighted by Gasteiger charge is 2.22. The molecule has 2 N–H and O–H groups in total. The molecule has 4 aromatic rings. The van der Waals surface area contributed by atoms with Gasteiger partial charge in [-0.25, -0.2) is 4.68 Å². The van der Waals surface area contributed by atoms with Crippen molar-refractivity contribution < 1.29 is 4.79 Å². The molecule has 1 unspecified atom stereocenters. The molecule has 2 heterocycles. The van der Waals surface area contributed by atoms with E-state index >= 15 is 0 Å². The number of amides is 1. The maximum absolute atomic E-state index is 13.0. The van der Waals surface area contributed by atoms with Crippen LogP contribution in [-0.2, 0) is 11.2 Å². The second-order valence-corrected chi connectivity index (χ2v) is 6.56. The highest BCUT2D eigenvalue weighted by molar-refractivity contribution is 5.96. The molecule has 0 bridgehead atoms. The van der Waals surface area contributed by atoms with E-state index in [1.165, 1.54) is 11.0 Å². The first-order valence-corrected chi connectivity index (χ1v) is 8.81. The number of aryl methyl sites for hydroxylation is 1. The van der Waals surface area contributed by atoms with Crippen LogP contribution in [0.25, 0.3) is 10.9 Å². The quantitative estimate of drug-likeness (QED) is 0.557. The third-order valence-corrected chi connectivity index (χ3v) is 4.58. The molecule has 0 aliphatic heterocycles. The number of aromatic nitrogens is 5.